The molecule has 0 aromatic heterocycles. The Labute approximate surface area is 160 Å². The largest absolute Gasteiger partial charge is 2.00 e. The van der Waals surface area contributed by atoms with Crippen LogP contribution in [0.3, 0.4) is 0 Å². The summed E-state index contributed by atoms with van der Waals surface area (Å²) in [5.74, 6) is -1.72. The van der Waals surface area contributed by atoms with Gasteiger partial charge in [0.15, 0.2) is 0 Å². The average Bonchev–Trinajstić information content (AvgIpc) is 2.49. The van der Waals surface area contributed by atoms with Gasteiger partial charge < -0.3 is 12.7 Å². The number of carbonyl (C=O) groups excluding carboxylic acids is 1. The molecule has 0 heterocycles. The minimum absolute atomic E-state index is 0. The molecule has 0 atom stereocenters. The van der Waals surface area contributed by atoms with Crippen LogP contribution < -0.4 is 0 Å². The van der Waals surface area contributed by atoms with E-state index in [-0.39, 0.29) is 25.9 Å². The van der Waals surface area contributed by atoms with Crippen LogP contribution in [0, 0.1) is 0 Å². The van der Waals surface area contributed by atoms with E-state index in [1.807, 2.05) is 0 Å². The van der Waals surface area contributed by atoms with Gasteiger partial charge >= 0.3 is 35.0 Å². The van der Waals surface area contributed by atoms with Crippen molar-refractivity contribution >= 4 is 35.0 Å². The molecular weight excluding hydrogens is 304 g/mol. The number of carboxylic acid groups (broad SMARTS) is 1. The quantitative estimate of drug-likeness (QED) is 0.203. The fourth-order valence-electron chi connectivity index (χ4n) is 2.30. The first kappa shape index (κ1) is 24.7. The molecule has 0 radical (unpaired) electrons. The number of aliphatic carboxylic acids is 1. The Morgan fingerprint density at radius 1 is 0.826 bits per heavy atom. The zero-order valence-electron chi connectivity index (χ0n) is 16.7. The molecule has 132 valence electrons. The van der Waals surface area contributed by atoms with Gasteiger partial charge in [0.2, 0.25) is 0 Å². The Bertz CT molecular complexity index is 326. The summed E-state index contributed by atoms with van der Waals surface area (Å²) in [6.45, 7) is 2.62. The Hall–Kier alpha value is -0.554. The van der Waals surface area contributed by atoms with E-state index in [0.29, 0.717) is 6.61 Å². The van der Waals surface area contributed by atoms with Gasteiger partial charge in [0.05, 0.1) is 6.61 Å². The van der Waals surface area contributed by atoms with Crippen LogP contribution in [0.5, 0.6) is 0 Å². The number of carboxylic acids is 1. The topological polar surface area (TPSA) is 63.6 Å². The summed E-state index contributed by atoms with van der Waals surface area (Å²) in [4.78, 5) is 21.3. The third-order valence-corrected chi connectivity index (χ3v) is 3.60. The first-order valence-electron chi connectivity index (χ1n) is 8.74. The molecule has 0 fully saturated rings. The molecule has 0 aromatic carbocycles. The van der Waals surface area contributed by atoms with E-state index in [4.69, 9.17) is 9.84 Å². The van der Waals surface area contributed by atoms with Crippen molar-refractivity contribution in [2.75, 3.05) is 6.61 Å². The summed E-state index contributed by atoms with van der Waals surface area (Å²) in [6.07, 6.45) is 16.9. The Morgan fingerprint density at radius 3 is 1.70 bits per heavy atom. The predicted octanol–water partition coefficient (Wildman–Crippen LogP) is 4.72. The Balaban J connectivity index is -0.000000735. The Morgan fingerprint density at radius 2 is 1.26 bits per heavy atom. The monoisotopic (exact) mass is 338 g/mol. The van der Waals surface area contributed by atoms with Crippen LogP contribution in [0.2, 0.25) is 0 Å². The van der Waals surface area contributed by atoms with Gasteiger partial charge in [-0.1, -0.05) is 77.6 Å². The van der Waals surface area contributed by atoms with Crippen molar-refractivity contribution < 1.29 is 22.3 Å². The Kier molecular flexibility index (Phi) is 20.9. The average molecular weight is 339 g/mol. The minimum Gasteiger partial charge on any atom is -1.00 e. The van der Waals surface area contributed by atoms with Crippen molar-refractivity contribution in [3.8, 4) is 0 Å². The zero-order valence-corrected chi connectivity index (χ0v) is 16.1. The number of unbranched alkanes of at least 4 members (excludes halogenated alkanes) is 11. The van der Waals surface area contributed by atoms with Crippen LogP contribution in [0.4, 0.5) is 0 Å². The second-order valence-corrected chi connectivity index (χ2v) is 5.73. The van der Waals surface area contributed by atoms with Crippen LogP contribution >= 0.6 is 0 Å². The first-order chi connectivity index (χ1) is 10.7. The molecule has 0 unspecified atom stereocenters. The van der Waals surface area contributed by atoms with Crippen molar-refractivity contribution in [3.05, 3.63) is 12.2 Å². The third kappa shape index (κ3) is 21.4. The zero-order chi connectivity index (χ0) is 16.5. The number of esters is 1. The van der Waals surface area contributed by atoms with E-state index < -0.39 is 11.9 Å². The molecule has 0 saturated carbocycles. The molecule has 0 aromatic rings. The van der Waals surface area contributed by atoms with Gasteiger partial charge in [0.1, 0.15) is 0 Å². The smallest absolute Gasteiger partial charge is 1.00 e. The molecule has 0 spiro atoms. The standard InChI is InChI=1S/C18H32O4.Mg.2H/c1-2-3-4-5-6-7-8-9-10-11-12-13-16-22-18(21)15-14-17(19)20;;;/h14-15H,2-13,16H2,1H3,(H,19,20);;;/q;+2;2*-1/b15-14+;;;. The van der Waals surface area contributed by atoms with Gasteiger partial charge in [-0.15, -0.1) is 0 Å². The summed E-state index contributed by atoms with van der Waals surface area (Å²) in [5, 5.41) is 8.35. The van der Waals surface area contributed by atoms with Crippen molar-refractivity contribution in [2.45, 2.75) is 84.0 Å². The molecule has 4 nitrogen and oxygen atoms in total. The number of rotatable bonds is 15. The summed E-state index contributed by atoms with van der Waals surface area (Å²) in [7, 11) is 0. The molecule has 1 N–H and O–H groups in total. The van der Waals surface area contributed by atoms with Crippen LogP contribution in [-0.2, 0) is 14.3 Å². The van der Waals surface area contributed by atoms with E-state index in [2.05, 4.69) is 6.92 Å². The molecule has 5 heteroatoms. The first-order valence-corrected chi connectivity index (χ1v) is 8.74. The fourth-order valence-corrected chi connectivity index (χ4v) is 2.30. The summed E-state index contributed by atoms with van der Waals surface area (Å²) < 4.78 is 4.90. The molecule has 0 amide bonds. The van der Waals surface area contributed by atoms with E-state index in [0.717, 1.165) is 25.0 Å². The molecule has 0 rings (SSSR count). The van der Waals surface area contributed by atoms with Crippen LogP contribution in [0.15, 0.2) is 12.2 Å². The van der Waals surface area contributed by atoms with E-state index >= 15 is 0 Å². The molecule has 0 aliphatic heterocycles. The molecule has 23 heavy (non-hydrogen) atoms. The maximum atomic E-state index is 11.1. The van der Waals surface area contributed by atoms with Gasteiger partial charge in [-0.05, 0) is 6.42 Å². The number of ether oxygens (including phenoxy) is 1. The summed E-state index contributed by atoms with van der Waals surface area (Å²) in [6, 6.07) is 0. The van der Waals surface area contributed by atoms with Gasteiger partial charge in [0, 0.05) is 12.2 Å². The number of hydrogen-bond donors (Lipinski definition) is 1. The van der Waals surface area contributed by atoms with Crippen molar-refractivity contribution in [1.29, 1.82) is 0 Å². The summed E-state index contributed by atoms with van der Waals surface area (Å²) in [5.41, 5.74) is 0. The van der Waals surface area contributed by atoms with Gasteiger partial charge in [-0.25, -0.2) is 9.59 Å². The number of hydrogen-bond acceptors (Lipinski definition) is 3. The van der Waals surface area contributed by atoms with E-state index in [1.54, 1.807) is 0 Å². The van der Waals surface area contributed by atoms with E-state index in [9.17, 15) is 9.59 Å². The normalized spacial score (nSPS) is 10.5. The maximum absolute atomic E-state index is 11.1. The van der Waals surface area contributed by atoms with Crippen molar-refractivity contribution in [2.24, 2.45) is 0 Å². The maximum Gasteiger partial charge on any atom is 2.00 e. The van der Waals surface area contributed by atoms with Gasteiger partial charge in [-0.3, -0.25) is 0 Å². The van der Waals surface area contributed by atoms with Crippen LogP contribution in [-0.4, -0.2) is 46.7 Å². The SMILES string of the molecule is CCCCCCCCCCCCCCOC(=O)/C=C/C(=O)O.[H-].[H-].[Mg+2]. The van der Waals surface area contributed by atoms with Gasteiger partial charge in [-0.2, -0.15) is 0 Å². The number of carbonyl (C=O) groups is 2. The second-order valence-electron chi connectivity index (χ2n) is 5.73. The molecule has 0 saturated heterocycles. The fraction of sp³-hybridized carbons (Fsp3) is 0.778. The molecule has 0 bridgehead atoms. The molecule has 0 aliphatic carbocycles. The minimum atomic E-state index is -1.14. The van der Waals surface area contributed by atoms with E-state index in [1.165, 1.54) is 64.2 Å². The van der Waals surface area contributed by atoms with Crippen molar-refractivity contribution in [1.82, 2.24) is 0 Å². The molecular formula is C18H34MgO4. The van der Waals surface area contributed by atoms with Crippen molar-refractivity contribution in [3.63, 3.8) is 0 Å². The second kappa shape index (κ2) is 19.5. The van der Waals surface area contributed by atoms with Gasteiger partial charge in [0.25, 0.3) is 0 Å². The predicted molar refractivity (Wildman–Crippen MR) is 96.8 cm³/mol. The van der Waals surface area contributed by atoms with Crippen LogP contribution in [0.1, 0.15) is 86.8 Å². The third-order valence-electron chi connectivity index (χ3n) is 3.60. The molecule has 0 aliphatic rings. The van der Waals surface area contributed by atoms with Crippen LogP contribution in [0.25, 0.3) is 0 Å². The summed E-state index contributed by atoms with van der Waals surface area (Å²) >= 11 is 0.